The molecule has 2 heterocycles. The second-order valence-electron chi connectivity index (χ2n) is 9.48. The average molecular weight is 487 g/mol. The van der Waals surface area contributed by atoms with Gasteiger partial charge in [0.05, 0.1) is 18.6 Å². The number of carbonyl (C=O) groups is 2. The maximum absolute atomic E-state index is 14.0. The van der Waals surface area contributed by atoms with E-state index in [9.17, 15) is 14.0 Å². The van der Waals surface area contributed by atoms with Crippen LogP contribution in [0, 0.1) is 11.2 Å². The fraction of sp³-hybridized carbons (Fsp3) is 0.481. The molecule has 0 bridgehead atoms. The number of likely N-dealkylation sites (tertiary alicyclic amines) is 1. The number of halogens is 2. The highest BCUT2D eigenvalue weighted by Gasteiger charge is 2.36. The van der Waals surface area contributed by atoms with Gasteiger partial charge in [-0.25, -0.2) is 4.39 Å². The van der Waals surface area contributed by atoms with E-state index < -0.39 is 0 Å². The Morgan fingerprint density at radius 3 is 2.62 bits per heavy atom. The number of carbonyl (C=O) groups excluding carboxylic acids is 2. The Hall–Kier alpha value is -2.60. The van der Waals surface area contributed by atoms with Crippen molar-refractivity contribution in [3.63, 3.8) is 0 Å². The van der Waals surface area contributed by atoms with E-state index in [0.29, 0.717) is 48.1 Å². The molecule has 34 heavy (non-hydrogen) atoms. The molecule has 1 saturated heterocycles. The van der Waals surface area contributed by atoms with Crippen LogP contribution < -0.4 is 10.1 Å². The molecule has 2 amide bonds. The normalized spacial score (nSPS) is 19.1. The zero-order valence-electron chi connectivity index (χ0n) is 19.5. The molecule has 2 aliphatic rings. The summed E-state index contributed by atoms with van der Waals surface area (Å²) in [6, 6.07) is 11.6. The lowest BCUT2D eigenvalue weighted by molar-refractivity contribution is -0.132. The summed E-state index contributed by atoms with van der Waals surface area (Å²) in [4.78, 5) is 27.7. The molecule has 0 atom stereocenters. The van der Waals surface area contributed by atoms with E-state index in [1.54, 1.807) is 36.4 Å². The number of rotatable bonds is 2. The van der Waals surface area contributed by atoms with Gasteiger partial charge in [-0.3, -0.25) is 9.59 Å². The number of hydrogen-bond donors (Lipinski definition) is 1. The van der Waals surface area contributed by atoms with E-state index in [1.165, 1.54) is 6.07 Å². The highest BCUT2D eigenvalue weighted by molar-refractivity contribution is 6.31. The van der Waals surface area contributed by atoms with Crippen LogP contribution in [0.4, 0.5) is 4.39 Å². The van der Waals surface area contributed by atoms with Crippen molar-refractivity contribution in [2.75, 3.05) is 26.2 Å². The molecule has 2 aromatic rings. The molecular formula is C27H32ClFN2O3. The minimum Gasteiger partial charge on any atom is -0.493 e. The van der Waals surface area contributed by atoms with Gasteiger partial charge in [0.2, 0.25) is 5.91 Å². The predicted molar refractivity (Wildman–Crippen MR) is 131 cm³/mol. The summed E-state index contributed by atoms with van der Waals surface area (Å²) in [6.45, 7) is 2.36. The van der Waals surface area contributed by atoms with Crippen LogP contribution in [0.25, 0.3) is 0 Å². The summed E-state index contributed by atoms with van der Waals surface area (Å²) in [5, 5.41) is 3.62. The molecule has 4 rings (SSSR count). The Labute approximate surface area is 205 Å². The lowest BCUT2D eigenvalue weighted by atomic mass is 9.74. The second kappa shape index (κ2) is 11.2. The molecule has 0 radical (unpaired) electrons. The van der Waals surface area contributed by atoms with E-state index >= 15 is 0 Å². The van der Waals surface area contributed by atoms with Crippen molar-refractivity contribution >= 4 is 23.4 Å². The SMILES string of the molecule is O=C1NCC2(CCCCCCOc3ccc(Cl)cc31)CCN(C(=O)Cc1ccccc1F)CC2. The van der Waals surface area contributed by atoms with Crippen molar-refractivity contribution in [2.24, 2.45) is 5.41 Å². The zero-order chi connectivity index (χ0) is 24.0. The van der Waals surface area contributed by atoms with Crippen molar-refractivity contribution in [3.8, 4) is 5.75 Å². The zero-order valence-corrected chi connectivity index (χ0v) is 20.2. The Morgan fingerprint density at radius 2 is 1.82 bits per heavy atom. The third-order valence-electron chi connectivity index (χ3n) is 7.15. The number of hydrogen-bond acceptors (Lipinski definition) is 3. The third kappa shape index (κ3) is 6.09. The molecule has 182 valence electrons. The Kier molecular flexibility index (Phi) is 8.09. The Bertz CT molecular complexity index is 1020. The van der Waals surface area contributed by atoms with Crippen molar-refractivity contribution in [1.29, 1.82) is 0 Å². The van der Waals surface area contributed by atoms with Gasteiger partial charge in [0.25, 0.3) is 5.91 Å². The number of nitrogens with one attached hydrogen (secondary N) is 1. The Balaban J connectivity index is 1.43. The first kappa shape index (κ1) is 24.5. The summed E-state index contributed by atoms with van der Waals surface area (Å²) in [7, 11) is 0. The maximum atomic E-state index is 14.0. The van der Waals surface area contributed by atoms with Crippen LogP contribution >= 0.6 is 11.6 Å². The largest absolute Gasteiger partial charge is 0.493 e. The summed E-state index contributed by atoms with van der Waals surface area (Å²) in [6.07, 6.45) is 6.92. The molecule has 5 nitrogen and oxygen atoms in total. The number of benzene rings is 2. The van der Waals surface area contributed by atoms with E-state index in [2.05, 4.69) is 5.32 Å². The maximum Gasteiger partial charge on any atom is 0.255 e. The van der Waals surface area contributed by atoms with Gasteiger partial charge in [0, 0.05) is 24.7 Å². The van der Waals surface area contributed by atoms with Crippen molar-refractivity contribution in [1.82, 2.24) is 10.2 Å². The first-order chi connectivity index (χ1) is 16.5. The standard InChI is InChI=1S/C27H32ClFN2O3/c28-21-9-10-24-22(18-21)26(33)30-19-27(11-5-1-2-6-16-34-24)12-14-31(15-13-27)25(32)17-20-7-3-4-8-23(20)29/h3-4,7-10,18H,1-2,5-6,11-17,19H2,(H,30,33). The fourth-order valence-electron chi connectivity index (χ4n) is 4.97. The molecule has 1 fully saturated rings. The van der Waals surface area contributed by atoms with Gasteiger partial charge in [-0.2, -0.15) is 0 Å². The van der Waals surface area contributed by atoms with Crippen LogP contribution in [0.2, 0.25) is 5.02 Å². The van der Waals surface area contributed by atoms with E-state index in [4.69, 9.17) is 16.3 Å². The Morgan fingerprint density at radius 1 is 1.06 bits per heavy atom. The molecule has 1 spiro atoms. The number of ether oxygens (including phenoxy) is 1. The summed E-state index contributed by atoms with van der Waals surface area (Å²) < 4.78 is 19.9. The van der Waals surface area contributed by atoms with Crippen LogP contribution in [-0.4, -0.2) is 43.0 Å². The van der Waals surface area contributed by atoms with Gasteiger partial charge in [-0.1, -0.05) is 49.1 Å². The third-order valence-corrected chi connectivity index (χ3v) is 7.38. The minimum atomic E-state index is -0.341. The molecule has 2 aliphatic heterocycles. The predicted octanol–water partition coefficient (Wildman–Crippen LogP) is 5.40. The van der Waals surface area contributed by atoms with Gasteiger partial charge in [0.15, 0.2) is 0 Å². The van der Waals surface area contributed by atoms with Gasteiger partial charge >= 0.3 is 0 Å². The van der Waals surface area contributed by atoms with Gasteiger partial charge in [-0.05, 0) is 60.9 Å². The van der Waals surface area contributed by atoms with Crippen LogP contribution in [0.5, 0.6) is 5.75 Å². The van der Waals surface area contributed by atoms with Crippen LogP contribution in [0.3, 0.4) is 0 Å². The molecule has 7 heteroatoms. The minimum absolute atomic E-state index is 0.0469. The summed E-state index contributed by atoms with van der Waals surface area (Å²) >= 11 is 6.15. The lowest BCUT2D eigenvalue weighted by Crippen LogP contribution is -2.48. The summed E-state index contributed by atoms with van der Waals surface area (Å²) in [5.74, 6) is -0.0149. The van der Waals surface area contributed by atoms with Crippen LogP contribution in [-0.2, 0) is 11.2 Å². The van der Waals surface area contributed by atoms with Crippen LogP contribution in [0.15, 0.2) is 42.5 Å². The molecule has 1 N–H and O–H groups in total. The topological polar surface area (TPSA) is 58.6 Å². The number of piperidine rings is 1. The molecule has 0 aromatic heterocycles. The smallest absolute Gasteiger partial charge is 0.255 e. The number of amides is 2. The molecule has 0 saturated carbocycles. The van der Waals surface area contributed by atoms with Crippen molar-refractivity contribution in [3.05, 3.63) is 64.4 Å². The van der Waals surface area contributed by atoms with E-state index in [0.717, 1.165) is 44.9 Å². The first-order valence-electron chi connectivity index (χ1n) is 12.2. The number of nitrogens with zero attached hydrogens (tertiary/aromatic N) is 1. The molecule has 0 aliphatic carbocycles. The van der Waals surface area contributed by atoms with Crippen molar-refractivity contribution < 1.29 is 18.7 Å². The number of fused-ring (bicyclic) bond motifs is 1. The lowest BCUT2D eigenvalue weighted by Gasteiger charge is -2.42. The van der Waals surface area contributed by atoms with Gasteiger partial charge in [0.1, 0.15) is 11.6 Å². The monoisotopic (exact) mass is 486 g/mol. The highest BCUT2D eigenvalue weighted by Crippen LogP contribution is 2.37. The van der Waals surface area contributed by atoms with Crippen LogP contribution in [0.1, 0.15) is 60.9 Å². The summed E-state index contributed by atoms with van der Waals surface area (Å²) in [5.41, 5.74) is 0.832. The van der Waals surface area contributed by atoms with Gasteiger partial charge in [-0.15, -0.1) is 0 Å². The molecule has 0 unspecified atom stereocenters. The molecule has 2 aromatic carbocycles. The molecular weight excluding hydrogens is 455 g/mol. The van der Waals surface area contributed by atoms with Crippen molar-refractivity contribution in [2.45, 2.75) is 51.4 Å². The van der Waals surface area contributed by atoms with E-state index in [-0.39, 0.29) is 29.5 Å². The van der Waals surface area contributed by atoms with E-state index in [1.807, 2.05) is 4.90 Å². The average Bonchev–Trinajstić information content (AvgIpc) is 2.85. The first-order valence-corrected chi connectivity index (χ1v) is 12.6. The second-order valence-corrected chi connectivity index (χ2v) is 9.92. The van der Waals surface area contributed by atoms with Gasteiger partial charge < -0.3 is 15.0 Å². The highest BCUT2D eigenvalue weighted by atomic mass is 35.5. The fourth-order valence-corrected chi connectivity index (χ4v) is 5.14. The quantitative estimate of drug-likeness (QED) is 0.618.